The molecule has 3 atom stereocenters. The van der Waals surface area contributed by atoms with E-state index in [9.17, 15) is 4.79 Å². The van der Waals surface area contributed by atoms with Gasteiger partial charge in [-0.2, -0.15) is 0 Å². The minimum atomic E-state index is -0.443. The molecule has 1 aliphatic carbocycles. The molecule has 0 aromatic carbocycles. The van der Waals surface area contributed by atoms with Crippen LogP contribution in [0.3, 0.4) is 0 Å². The van der Waals surface area contributed by atoms with Gasteiger partial charge in [0.1, 0.15) is 5.60 Å². The van der Waals surface area contributed by atoms with E-state index in [0.29, 0.717) is 30.0 Å². The highest BCUT2D eigenvalue weighted by molar-refractivity contribution is 5.67. The molecule has 0 radical (unpaired) electrons. The Kier molecular flexibility index (Phi) is 6.72. The van der Waals surface area contributed by atoms with Gasteiger partial charge < -0.3 is 15.4 Å². The summed E-state index contributed by atoms with van der Waals surface area (Å²) in [6, 6.07) is 0.867. The van der Waals surface area contributed by atoms with Gasteiger partial charge in [0.25, 0.3) is 0 Å². The fourth-order valence-electron chi connectivity index (χ4n) is 3.53. The first kappa shape index (κ1) is 19.3. The first-order valence-electron chi connectivity index (χ1n) is 8.75. The van der Waals surface area contributed by atoms with E-state index >= 15 is 0 Å². The number of nitrogens with one attached hydrogen (secondary N) is 2. The lowest BCUT2D eigenvalue weighted by Crippen LogP contribution is -2.47. The van der Waals surface area contributed by atoms with E-state index in [1.165, 1.54) is 12.8 Å². The van der Waals surface area contributed by atoms with Crippen LogP contribution in [0.25, 0.3) is 0 Å². The van der Waals surface area contributed by atoms with Crippen LogP contribution in [0.1, 0.15) is 74.1 Å². The van der Waals surface area contributed by atoms with Crippen LogP contribution in [0.5, 0.6) is 0 Å². The Labute approximate surface area is 136 Å². The topological polar surface area (TPSA) is 50.4 Å². The van der Waals surface area contributed by atoms with Crippen molar-refractivity contribution in [3.63, 3.8) is 0 Å². The van der Waals surface area contributed by atoms with Crippen LogP contribution in [-0.4, -0.2) is 30.3 Å². The van der Waals surface area contributed by atoms with Crippen LogP contribution in [-0.2, 0) is 4.74 Å². The molecule has 130 valence electrons. The molecule has 2 N–H and O–H groups in total. The number of rotatable bonds is 6. The van der Waals surface area contributed by atoms with Crippen molar-refractivity contribution in [3.8, 4) is 0 Å². The zero-order valence-electron chi connectivity index (χ0n) is 15.6. The Morgan fingerprint density at radius 1 is 1.32 bits per heavy atom. The summed E-state index contributed by atoms with van der Waals surface area (Å²) in [5.74, 6) is 0.691. The molecule has 0 aromatic heterocycles. The van der Waals surface area contributed by atoms with E-state index in [1.807, 2.05) is 20.8 Å². The highest BCUT2D eigenvalue weighted by Crippen LogP contribution is 2.41. The fraction of sp³-hybridized carbons (Fsp3) is 0.944. The minimum absolute atomic E-state index is 0.318. The lowest BCUT2D eigenvalue weighted by atomic mass is 9.91. The molecule has 0 bridgehead atoms. The molecule has 0 heterocycles. The normalized spacial score (nSPS) is 25.8. The van der Waals surface area contributed by atoms with Gasteiger partial charge in [-0.05, 0) is 51.4 Å². The van der Waals surface area contributed by atoms with E-state index in [-0.39, 0.29) is 6.09 Å². The molecule has 1 amide bonds. The van der Waals surface area contributed by atoms with E-state index in [4.69, 9.17) is 4.74 Å². The number of carbonyl (C=O) groups is 1. The summed E-state index contributed by atoms with van der Waals surface area (Å²) in [6.45, 7) is 15.5. The highest BCUT2D eigenvalue weighted by Gasteiger charge is 2.37. The summed E-state index contributed by atoms with van der Waals surface area (Å²) in [4.78, 5) is 11.8. The van der Waals surface area contributed by atoms with Gasteiger partial charge in [0, 0.05) is 18.6 Å². The number of carbonyl (C=O) groups excluding carboxylic acids is 1. The van der Waals surface area contributed by atoms with Crippen molar-refractivity contribution in [2.75, 3.05) is 6.54 Å². The van der Waals surface area contributed by atoms with Crippen LogP contribution in [0.2, 0.25) is 0 Å². The second kappa shape index (κ2) is 7.67. The summed E-state index contributed by atoms with van der Waals surface area (Å²) in [5, 5.41) is 6.68. The zero-order chi connectivity index (χ0) is 17.0. The molecule has 1 fully saturated rings. The lowest BCUT2D eigenvalue weighted by Gasteiger charge is -2.27. The number of amides is 1. The molecule has 22 heavy (non-hydrogen) atoms. The maximum atomic E-state index is 11.8. The molecule has 1 aliphatic rings. The molecule has 1 saturated carbocycles. The maximum Gasteiger partial charge on any atom is 0.407 e. The number of hydrogen-bond acceptors (Lipinski definition) is 3. The second-order valence-corrected chi connectivity index (χ2v) is 8.69. The molecule has 0 aliphatic heterocycles. The summed E-state index contributed by atoms with van der Waals surface area (Å²) < 4.78 is 5.31. The molecule has 4 nitrogen and oxygen atoms in total. The Morgan fingerprint density at radius 3 is 2.41 bits per heavy atom. The molecule has 4 heteroatoms. The van der Waals surface area contributed by atoms with E-state index in [0.717, 1.165) is 12.8 Å². The molecule has 3 unspecified atom stereocenters. The zero-order valence-corrected chi connectivity index (χ0v) is 15.6. The first-order chi connectivity index (χ1) is 10.0. The van der Waals surface area contributed by atoms with Crippen molar-refractivity contribution in [2.24, 2.45) is 11.3 Å². The van der Waals surface area contributed by atoms with Crippen LogP contribution in [0.15, 0.2) is 0 Å². The molecule has 0 saturated heterocycles. The first-order valence-corrected chi connectivity index (χ1v) is 8.75. The van der Waals surface area contributed by atoms with Crippen LogP contribution >= 0.6 is 0 Å². The van der Waals surface area contributed by atoms with Crippen molar-refractivity contribution in [3.05, 3.63) is 0 Å². The Bertz CT molecular complexity index is 361. The Balaban J connectivity index is 2.47. The standard InChI is InChI=1S/C18H36N2O2/c1-8-9-14(12-19-16(21)22-17(3,4)5)20-15-11-18(6,7)10-13(15)2/h13-15,20H,8-12H2,1-7H3,(H,19,21). The third kappa shape index (κ3) is 6.99. The van der Waals surface area contributed by atoms with Gasteiger partial charge >= 0.3 is 6.09 Å². The Morgan fingerprint density at radius 2 is 1.95 bits per heavy atom. The van der Waals surface area contributed by atoms with Crippen molar-refractivity contribution in [1.29, 1.82) is 0 Å². The Hall–Kier alpha value is -0.770. The number of alkyl carbamates (subject to hydrolysis) is 1. The van der Waals surface area contributed by atoms with Crippen LogP contribution in [0, 0.1) is 11.3 Å². The number of hydrogen-bond donors (Lipinski definition) is 2. The van der Waals surface area contributed by atoms with Gasteiger partial charge in [-0.25, -0.2) is 4.79 Å². The quantitative estimate of drug-likeness (QED) is 0.776. The third-order valence-electron chi connectivity index (χ3n) is 4.31. The van der Waals surface area contributed by atoms with Gasteiger partial charge in [-0.3, -0.25) is 0 Å². The highest BCUT2D eigenvalue weighted by atomic mass is 16.6. The molecule has 0 spiro atoms. The summed E-state index contributed by atoms with van der Waals surface area (Å²) in [5.41, 5.74) is -0.0196. The summed E-state index contributed by atoms with van der Waals surface area (Å²) in [6.07, 6.45) is 4.33. The summed E-state index contributed by atoms with van der Waals surface area (Å²) in [7, 11) is 0. The molecule has 1 rings (SSSR count). The van der Waals surface area contributed by atoms with Gasteiger partial charge in [-0.15, -0.1) is 0 Å². The predicted molar refractivity (Wildman–Crippen MR) is 92.0 cm³/mol. The van der Waals surface area contributed by atoms with Crippen LogP contribution in [0.4, 0.5) is 4.79 Å². The lowest BCUT2D eigenvalue weighted by molar-refractivity contribution is 0.0520. The van der Waals surface area contributed by atoms with Gasteiger partial charge in [0.15, 0.2) is 0 Å². The largest absolute Gasteiger partial charge is 0.444 e. The fourth-order valence-corrected chi connectivity index (χ4v) is 3.53. The van der Waals surface area contributed by atoms with Crippen LogP contribution < -0.4 is 10.6 Å². The molecular formula is C18H36N2O2. The monoisotopic (exact) mass is 312 g/mol. The van der Waals surface area contributed by atoms with Crippen molar-refractivity contribution >= 4 is 6.09 Å². The van der Waals surface area contributed by atoms with Gasteiger partial charge in [-0.1, -0.05) is 34.1 Å². The predicted octanol–water partition coefficient (Wildman–Crippen LogP) is 4.09. The average Bonchev–Trinajstić information content (AvgIpc) is 2.57. The summed E-state index contributed by atoms with van der Waals surface area (Å²) >= 11 is 0. The minimum Gasteiger partial charge on any atom is -0.444 e. The second-order valence-electron chi connectivity index (χ2n) is 8.69. The van der Waals surface area contributed by atoms with Crippen molar-refractivity contribution in [2.45, 2.75) is 91.8 Å². The molecule has 0 aromatic rings. The smallest absolute Gasteiger partial charge is 0.407 e. The van der Waals surface area contributed by atoms with Crippen molar-refractivity contribution in [1.82, 2.24) is 10.6 Å². The van der Waals surface area contributed by atoms with E-state index in [2.05, 4.69) is 38.3 Å². The van der Waals surface area contributed by atoms with Crippen molar-refractivity contribution < 1.29 is 9.53 Å². The van der Waals surface area contributed by atoms with E-state index in [1.54, 1.807) is 0 Å². The molecular weight excluding hydrogens is 276 g/mol. The average molecular weight is 312 g/mol. The van der Waals surface area contributed by atoms with Gasteiger partial charge in [0.05, 0.1) is 0 Å². The van der Waals surface area contributed by atoms with Gasteiger partial charge in [0.2, 0.25) is 0 Å². The van der Waals surface area contributed by atoms with E-state index < -0.39 is 5.60 Å². The maximum absolute atomic E-state index is 11.8. The number of ether oxygens (including phenoxy) is 1. The SMILES string of the molecule is CCCC(CNC(=O)OC(C)(C)C)NC1CC(C)(C)CC1C. The third-order valence-corrected chi connectivity index (χ3v) is 4.31.